The summed E-state index contributed by atoms with van der Waals surface area (Å²) in [5.74, 6) is -0.512. The van der Waals surface area contributed by atoms with Gasteiger partial charge >= 0.3 is 12.3 Å². The largest absolute Gasteiger partial charge is 0.444 e. The van der Waals surface area contributed by atoms with Gasteiger partial charge in [0.2, 0.25) is 0 Å². The Hall–Kier alpha value is -3.73. The number of nitrogens with one attached hydrogen (secondary N) is 3. The Morgan fingerprint density at radius 1 is 0.973 bits per heavy atom. The van der Waals surface area contributed by atoms with Crippen molar-refractivity contribution < 1.29 is 27.5 Å². The normalized spacial score (nSPS) is 11.8. The molecule has 0 spiro atoms. The van der Waals surface area contributed by atoms with Gasteiger partial charge in [0, 0.05) is 24.7 Å². The Kier molecular flexibility index (Phi) is 9.04. The number of hydrogen-bond acceptors (Lipinski definition) is 6. The number of amides is 2. The monoisotopic (exact) mass is 517 g/mol. The number of para-hydroxylation sites is 1. The molecule has 0 aliphatic heterocycles. The van der Waals surface area contributed by atoms with Gasteiger partial charge in [-0.3, -0.25) is 9.78 Å². The summed E-state index contributed by atoms with van der Waals surface area (Å²) in [4.78, 5) is 32.8. The van der Waals surface area contributed by atoms with Crippen molar-refractivity contribution in [3.05, 3.63) is 65.5 Å². The van der Waals surface area contributed by atoms with Gasteiger partial charge in [-0.15, -0.1) is 0 Å². The van der Waals surface area contributed by atoms with Gasteiger partial charge < -0.3 is 20.7 Å². The zero-order valence-corrected chi connectivity index (χ0v) is 20.9. The van der Waals surface area contributed by atoms with Crippen LogP contribution in [0.1, 0.15) is 55.2 Å². The molecule has 198 valence electrons. The predicted molar refractivity (Wildman–Crippen MR) is 134 cm³/mol. The van der Waals surface area contributed by atoms with Crippen LogP contribution < -0.4 is 16.0 Å². The van der Waals surface area contributed by atoms with Crippen LogP contribution in [0.5, 0.6) is 0 Å². The lowest BCUT2D eigenvalue weighted by molar-refractivity contribution is -0.137. The van der Waals surface area contributed by atoms with Crippen LogP contribution in [0.15, 0.2) is 48.7 Å². The van der Waals surface area contributed by atoms with Gasteiger partial charge in [0.05, 0.1) is 22.3 Å². The van der Waals surface area contributed by atoms with Crippen LogP contribution in [0.3, 0.4) is 0 Å². The van der Waals surface area contributed by atoms with E-state index in [4.69, 9.17) is 4.74 Å². The van der Waals surface area contributed by atoms with Crippen LogP contribution in [0.25, 0.3) is 10.9 Å². The molecule has 3 N–H and O–H groups in total. The molecule has 0 aliphatic carbocycles. The van der Waals surface area contributed by atoms with Crippen LogP contribution in [-0.2, 0) is 17.5 Å². The maximum atomic E-state index is 12.8. The molecule has 0 bridgehead atoms. The van der Waals surface area contributed by atoms with E-state index in [0.29, 0.717) is 31.3 Å². The molecule has 3 aromatic rings. The van der Waals surface area contributed by atoms with E-state index in [1.54, 1.807) is 12.1 Å². The van der Waals surface area contributed by atoms with Gasteiger partial charge in [0.1, 0.15) is 11.4 Å². The first kappa shape index (κ1) is 27.9. The molecule has 0 radical (unpaired) electrons. The number of carbonyl (C=O) groups excluding carboxylic acids is 2. The molecule has 0 aliphatic rings. The third-order valence-electron chi connectivity index (χ3n) is 5.11. The number of pyridine rings is 2. The van der Waals surface area contributed by atoms with E-state index in [-0.39, 0.29) is 11.4 Å². The summed E-state index contributed by atoms with van der Waals surface area (Å²) in [5, 5.41) is 9.29. The molecular formula is C26H30F3N5O3. The maximum Gasteiger partial charge on any atom is 0.417 e. The van der Waals surface area contributed by atoms with Gasteiger partial charge in [-0.2, -0.15) is 13.2 Å². The Bertz CT molecular complexity index is 1220. The second-order valence-electron chi connectivity index (χ2n) is 9.38. The van der Waals surface area contributed by atoms with E-state index in [0.717, 1.165) is 36.1 Å². The Labute approximate surface area is 213 Å². The smallest absolute Gasteiger partial charge is 0.417 e. The lowest BCUT2D eigenvalue weighted by Gasteiger charge is -2.19. The summed E-state index contributed by atoms with van der Waals surface area (Å²) in [7, 11) is 0. The summed E-state index contributed by atoms with van der Waals surface area (Å²) in [6.45, 7) is 7.12. The van der Waals surface area contributed by atoms with Crippen molar-refractivity contribution in [1.29, 1.82) is 0 Å². The summed E-state index contributed by atoms with van der Waals surface area (Å²) in [6.07, 6.45) is -2.66. The van der Waals surface area contributed by atoms with Crippen molar-refractivity contribution in [1.82, 2.24) is 20.6 Å². The number of ether oxygens (including phenoxy) is 1. The van der Waals surface area contributed by atoms with Gasteiger partial charge in [-0.1, -0.05) is 18.2 Å². The third kappa shape index (κ3) is 8.71. The van der Waals surface area contributed by atoms with Crippen molar-refractivity contribution >= 4 is 28.7 Å². The lowest BCUT2D eigenvalue weighted by atomic mass is 10.1. The number of rotatable bonds is 9. The van der Waals surface area contributed by atoms with Crippen molar-refractivity contribution in [3.63, 3.8) is 0 Å². The van der Waals surface area contributed by atoms with Gasteiger partial charge in [-0.25, -0.2) is 9.78 Å². The fourth-order valence-electron chi connectivity index (χ4n) is 3.38. The van der Waals surface area contributed by atoms with E-state index < -0.39 is 29.3 Å². The van der Waals surface area contributed by atoms with Crippen LogP contribution >= 0.6 is 0 Å². The van der Waals surface area contributed by atoms with Crippen LogP contribution in [-0.4, -0.2) is 40.7 Å². The molecule has 1 aromatic carbocycles. The number of anilines is 1. The van der Waals surface area contributed by atoms with E-state index in [9.17, 15) is 22.8 Å². The summed E-state index contributed by atoms with van der Waals surface area (Å²) < 4.78 is 43.4. The maximum absolute atomic E-state index is 12.8. The molecule has 8 nitrogen and oxygen atoms in total. The molecule has 0 atom stereocenters. The number of hydrogen-bond donors (Lipinski definition) is 3. The average molecular weight is 518 g/mol. The van der Waals surface area contributed by atoms with Crippen LogP contribution in [0.4, 0.5) is 23.8 Å². The zero-order chi connectivity index (χ0) is 27.1. The van der Waals surface area contributed by atoms with Crippen molar-refractivity contribution in [2.24, 2.45) is 0 Å². The first-order valence-electron chi connectivity index (χ1n) is 11.8. The molecule has 0 saturated heterocycles. The van der Waals surface area contributed by atoms with Crippen molar-refractivity contribution in [2.75, 3.05) is 18.4 Å². The highest BCUT2D eigenvalue weighted by molar-refractivity contribution is 6.11. The van der Waals surface area contributed by atoms with Crippen LogP contribution in [0.2, 0.25) is 0 Å². The fourth-order valence-corrected chi connectivity index (χ4v) is 3.38. The molecule has 2 aromatic heterocycles. The van der Waals surface area contributed by atoms with Gasteiger partial charge in [-0.05, 0) is 64.4 Å². The number of fused-ring (bicyclic) bond motifs is 1. The topological polar surface area (TPSA) is 105 Å². The Morgan fingerprint density at radius 3 is 2.41 bits per heavy atom. The minimum atomic E-state index is -4.50. The van der Waals surface area contributed by atoms with E-state index in [1.165, 1.54) is 0 Å². The number of alkyl halides is 3. The number of nitrogens with zero attached hydrogens (tertiary/aromatic N) is 2. The van der Waals surface area contributed by atoms with Gasteiger partial charge in [0.15, 0.2) is 0 Å². The first-order chi connectivity index (χ1) is 17.4. The fraction of sp³-hybridized carbons (Fsp3) is 0.385. The summed E-state index contributed by atoms with van der Waals surface area (Å²) >= 11 is 0. The number of alkyl carbamates (subject to hydrolysis) is 1. The highest BCUT2D eigenvalue weighted by Crippen LogP contribution is 2.29. The second kappa shape index (κ2) is 12.0. The van der Waals surface area contributed by atoms with E-state index >= 15 is 0 Å². The lowest BCUT2D eigenvalue weighted by Crippen LogP contribution is -2.33. The molecule has 2 heterocycles. The quantitative estimate of drug-likeness (QED) is 0.333. The van der Waals surface area contributed by atoms with E-state index in [1.807, 2.05) is 39.0 Å². The highest BCUT2D eigenvalue weighted by Gasteiger charge is 2.30. The van der Waals surface area contributed by atoms with Crippen molar-refractivity contribution in [3.8, 4) is 0 Å². The third-order valence-corrected chi connectivity index (χ3v) is 5.11. The van der Waals surface area contributed by atoms with Crippen molar-refractivity contribution in [2.45, 2.75) is 51.9 Å². The van der Waals surface area contributed by atoms with Crippen LogP contribution in [0, 0.1) is 0 Å². The van der Waals surface area contributed by atoms with Gasteiger partial charge in [0.25, 0.3) is 5.91 Å². The minimum Gasteiger partial charge on any atom is -0.444 e. The number of aromatic nitrogens is 2. The molecule has 37 heavy (non-hydrogen) atoms. The Morgan fingerprint density at radius 2 is 1.73 bits per heavy atom. The average Bonchev–Trinajstić information content (AvgIpc) is 2.81. The minimum absolute atomic E-state index is 0.00832. The number of carbonyl (C=O) groups is 2. The standard InChI is InChI=1S/C26H30F3N5O3/c1-25(2,3)37-24(36)31-14-5-4-13-30-16-19-11-9-17-7-6-8-20(22(17)33-19)23(35)34-21-12-10-18(15-32-21)26(27,28)29/h6-12,15,30H,4-5,13-14,16H2,1-3H3,(H,31,36)(H,32,34,35). The predicted octanol–water partition coefficient (Wildman–Crippen LogP) is 5.30. The second-order valence-corrected chi connectivity index (χ2v) is 9.38. The van der Waals surface area contributed by atoms with E-state index in [2.05, 4.69) is 25.9 Å². The zero-order valence-electron chi connectivity index (χ0n) is 20.9. The molecule has 0 fully saturated rings. The molecular weight excluding hydrogens is 487 g/mol. The Balaban J connectivity index is 1.53. The summed E-state index contributed by atoms with van der Waals surface area (Å²) in [6, 6.07) is 10.8. The number of benzene rings is 1. The number of unbranched alkanes of at least 4 members (excludes halogenated alkanes) is 1. The SMILES string of the molecule is CC(C)(C)OC(=O)NCCCCNCc1ccc2cccc(C(=O)Nc3ccc(C(F)(F)F)cn3)c2n1. The molecule has 0 saturated carbocycles. The first-order valence-corrected chi connectivity index (χ1v) is 11.8. The molecule has 0 unspecified atom stereocenters. The molecule has 3 rings (SSSR count). The number of halogens is 3. The molecule has 2 amide bonds. The summed E-state index contributed by atoms with van der Waals surface area (Å²) in [5.41, 5.74) is 0.0705. The molecule has 11 heteroatoms. The highest BCUT2D eigenvalue weighted by atomic mass is 19.4.